The van der Waals surface area contributed by atoms with E-state index in [9.17, 15) is 18.0 Å². The number of nitrogens with zero attached hydrogens (tertiary/aromatic N) is 5. The zero-order valence-corrected chi connectivity index (χ0v) is 21.5. The van der Waals surface area contributed by atoms with Gasteiger partial charge in [0.05, 0.1) is 24.6 Å². The van der Waals surface area contributed by atoms with Crippen LogP contribution in [0.5, 0.6) is 0 Å². The standard InChI is InChI=1S/C27H30F3N7O2/c1-17-2-3-20(33-26(38)37-7-5-18(16-37)15-27(28,29)30)14-21(17)19-12-23(22-4-6-32-25(31)35-22)34-24(13-19)36-8-10-39-11-9-36/h2-4,6,12-14,18H,5,7-11,15-16H2,1H3,(H,33,38)(H2,31,32,35). The second kappa shape index (κ2) is 11.0. The molecule has 0 spiro atoms. The number of aryl methyl sites for hydroxylation is 1. The number of alkyl halides is 3. The molecule has 2 fully saturated rings. The first kappa shape index (κ1) is 26.7. The van der Waals surface area contributed by atoms with E-state index >= 15 is 0 Å². The second-order valence-corrected chi connectivity index (χ2v) is 9.88. The summed E-state index contributed by atoms with van der Waals surface area (Å²) in [4.78, 5) is 29.6. The monoisotopic (exact) mass is 541 g/mol. The molecule has 9 nitrogen and oxygen atoms in total. The number of halogens is 3. The largest absolute Gasteiger partial charge is 0.389 e. The number of anilines is 3. The Morgan fingerprint density at radius 3 is 2.64 bits per heavy atom. The molecule has 2 saturated heterocycles. The Kier molecular flexibility index (Phi) is 7.56. The van der Waals surface area contributed by atoms with Gasteiger partial charge in [0.1, 0.15) is 5.82 Å². The molecule has 12 heteroatoms. The fourth-order valence-electron chi connectivity index (χ4n) is 5.00. The van der Waals surface area contributed by atoms with Crippen LogP contribution in [0.25, 0.3) is 22.5 Å². The van der Waals surface area contributed by atoms with Gasteiger partial charge in [-0.1, -0.05) is 6.07 Å². The predicted octanol–water partition coefficient (Wildman–Crippen LogP) is 4.74. The van der Waals surface area contributed by atoms with Crippen LogP contribution in [0, 0.1) is 12.8 Å². The van der Waals surface area contributed by atoms with E-state index in [0.717, 1.165) is 22.5 Å². The number of rotatable bonds is 5. The van der Waals surface area contributed by atoms with Crippen LogP contribution in [-0.2, 0) is 4.74 Å². The van der Waals surface area contributed by atoms with Gasteiger partial charge in [0, 0.05) is 44.5 Å². The SMILES string of the molecule is Cc1ccc(NC(=O)N2CCC(CC(F)(F)F)C2)cc1-c1cc(-c2ccnc(N)n2)nc(N2CCOCC2)c1. The Labute approximate surface area is 224 Å². The minimum absolute atomic E-state index is 0.0861. The average Bonchev–Trinajstić information content (AvgIpc) is 3.37. The highest BCUT2D eigenvalue weighted by Crippen LogP contribution is 2.34. The number of hydrogen-bond donors (Lipinski definition) is 2. The van der Waals surface area contributed by atoms with Crippen molar-refractivity contribution in [1.82, 2.24) is 19.9 Å². The molecule has 5 rings (SSSR count). The van der Waals surface area contributed by atoms with E-state index in [0.29, 0.717) is 56.3 Å². The van der Waals surface area contributed by atoms with Gasteiger partial charge in [-0.05, 0) is 66.3 Å². The van der Waals surface area contributed by atoms with Gasteiger partial charge in [0.15, 0.2) is 0 Å². The Morgan fingerprint density at radius 2 is 1.90 bits per heavy atom. The number of nitrogen functional groups attached to an aromatic ring is 1. The first-order chi connectivity index (χ1) is 18.6. The first-order valence-corrected chi connectivity index (χ1v) is 12.8. The maximum absolute atomic E-state index is 12.9. The molecule has 1 atom stereocenters. The van der Waals surface area contributed by atoms with Crippen LogP contribution in [0.2, 0.25) is 0 Å². The molecule has 0 bridgehead atoms. The number of hydrogen-bond acceptors (Lipinski definition) is 7. The summed E-state index contributed by atoms with van der Waals surface area (Å²) in [6, 6.07) is 10.8. The maximum Gasteiger partial charge on any atom is 0.389 e. The van der Waals surface area contributed by atoms with E-state index in [2.05, 4.69) is 20.2 Å². The highest BCUT2D eigenvalue weighted by atomic mass is 19.4. The van der Waals surface area contributed by atoms with Crippen molar-refractivity contribution in [1.29, 1.82) is 0 Å². The number of nitrogens with two attached hydrogens (primary N) is 1. The zero-order valence-electron chi connectivity index (χ0n) is 21.5. The van der Waals surface area contributed by atoms with Gasteiger partial charge in [0.2, 0.25) is 5.95 Å². The summed E-state index contributed by atoms with van der Waals surface area (Å²) >= 11 is 0. The van der Waals surface area contributed by atoms with Crippen LogP contribution in [0.1, 0.15) is 18.4 Å². The van der Waals surface area contributed by atoms with Crippen LogP contribution in [-0.4, -0.2) is 71.5 Å². The molecular weight excluding hydrogens is 511 g/mol. The molecule has 2 aliphatic heterocycles. The molecule has 0 aliphatic carbocycles. The first-order valence-electron chi connectivity index (χ1n) is 12.8. The molecule has 39 heavy (non-hydrogen) atoms. The molecule has 0 radical (unpaired) electrons. The maximum atomic E-state index is 12.9. The Morgan fingerprint density at radius 1 is 1.10 bits per heavy atom. The molecule has 4 heterocycles. The second-order valence-electron chi connectivity index (χ2n) is 9.88. The van der Waals surface area contributed by atoms with Crippen molar-refractivity contribution in [3.05, 3.63) is 48.2 Å². The quantitative estimate of drug-likeness (QED) is 0.480. The van der Waals surface area contributed by atoms with Crippen LogP contribution < -0.4 is 16.0 Å². The van der Waals surface area contributed by atoms with E-state index in [-0.39, 0.29) is 12.5 Å². The van der Waals surface area contributed by atoms with Crippen molar-refractivity contribution in [2.24, 2.45) is 5.92 Å². The summed E-state index contributed by atoms with van der Waals surface area (Å²) in [5.41, 5.74) is 10.3. The van der Waals surface area contributed by atoms with Gasteiger partial charge >= 0.3 is 12.2 Å². The van der Waals surface area contributed by atoms with Gasteiger partial charge in [-0.2, -0.15) is 13.2 Å². The molecule has 2 amide bonds. The number of urea groups is 1. The molecule has 3 N–H and O–H groups in total. The number of carbonyl (C=O) groups excluding carboxylic acids is 1. The lowest BCUT2D eigenvalue weighted by Gasteiger charge is -2.28. The van der Waals surface area contributed by atoms with Gasteiger partial charge in [0.25, 0.3) is 0 Å². The molecular formula is C27H30F3N7O2. The minimum atomic E-state index is -4.23. The summed E-state index contributed by atoms with van der Waals surface area (Å²) in [5, 5.41) is 2.86. The summed E-state index contributed by atoms with van der Waals surface area (Å²) in [6.45, 7) is 4.95. The topological polar surface area (TPSA) is 110 Å². The molecule has 2 aromatic heterocycles. The van der Waals surface area contributed by atoms with Crippen molar-refractivity contribution >= 4 is 23.5 Å². The van der Waals surface area contributed by atoms with E-state index in [1.165, 1.54) is 4.90 Å². The number of amides is 2. The Bertz CT molecular complexity index is 1350. The predicted molar refractivity (Wildman–Crippen MR) is 142 cm³/mol. The molecule has 1 aromatic carbocycles. The van der Waals surface area contributed by atoms with Crippen LogP contribution in [0.15, 0.2) is 42.6 Å². The number of benzene rings is 1. The number of nitrogens with one attached hydrogen (secondary N) is 1. The smallest absolute Gasteiger partial charge is 0.378 e. The van der Waals surface area contributed by atoms with Crippen molar-refractivity contribution in [2.45, 2.75) is 25.9 Å². The van der Waals surface area contributed by atoms with Crippen molar-refractivity contribution in [2.75, 3.05) is 55.3 Å². The van der Waals surface area contributed by atoms with E-state index < -0.39 is 24.5 Å². The normalized spacial score (nSPS) is 17.9. The number of carbonyl (C=O) groups is 1. The Balaban J connectivity index is 1.43. The average molecular weight is 542 g/mol. The van der Waals surface area contributed by atoms with Gasteiger partial charge in [-0.15, -0.1) is 0 Å². The van der Waals surface area contributed by atoms with Crippen LogP contribution in [0.3, 0.4) is 0 Å². The third kappa shape index (κ3) is 6.56. The Hall–Kier alpha value is -3.93. The van der Waals surface area contributed by atoms with Gasteiger partial charge in [-0.25, -0.2) is 19.7 Å². The number of ether oxygens (including phenoxy) is 1. The lowest BCUT2D eigenvalue weighted by atomic mass is 9.99. The van der Waals surface area contributed by atoms with Gasteiger partial charge in [-0.3, -0.25) is 0 Å². The van der Waals surface area contributed by atoms with Crippen molar-refractivity contribution in [3.8, 4) is 22.5 Å². The molecule has 1 unspecified atom stereocenters. The fourth-order valence-corrected chi connectivity index (χ4v) is 5.00. The number of likely N-dealkylation sites (tertiary alicyclic amines) is 1. The van der Waals surface area contributed by atoms with Gasteiger partial charge < -0.3 is 25.6 Å². The van der Waals surface area contributed by atoms with Crippen LogP contribution >= 0.6 is 0 Å². The van der Waals surface area contributed by atoms with Crippen molar-refractivity contribution < 1.29 is 22.7 Å². The van der Waals surface area contributed by atoms with E-state index in [4.69, 9.17) is 15.5 Å². The molecule has 2 aliphatic rings. The molecule has 3 aromatic rings. The minimum Gasteiger partial charge on any atom is -0.378 e. The van der Waals surface area contributed by atoms with E-state index in [1.54, 1.807) is 18.3 Å². The molecule has 0 saturated carbocycles. The zero-order chi connectivity index (χ0) is 27.6. The van der Waals surface area contributed by atoms with Crippen LogP contribution in [0.4, 0.5) is 35.4 Å². The summed E-state index contributed by atoms with van der Waals surface area (Å²) in [5.74, 6) is 0.339. The fraction of sp³-hybridized carbons (Fsp3) is 0.407. The van der Waals surface area contributed by atoms with E-state index in [1.807, 2.05) is 31.2 Å². The lowest BCUT2D eigenvalue weighted by molar-refractivity contribution is -0.143. The highest BCUT2D eigenvalue weighted by molar-refractivity contribution is 5.91. The number of aromatic nitrogens is 3. The van der Waals surface area contributed by atoms with Crippen molar-refractivity contribution in [3.63, 3.8) is 0 Å². The summed E-state index contributed by atoms with van der Waals surface area (Å²) < 4.78 is 43.9. The highest BCUT2D eigenvalue weighted by Gasteiger charge is 2.36. The summed E-state index contributed by atoms with van der Waals surface area (Å²) in [6.07, 6.45) is -3.19. The number of pyridine rings is 1. The number of morpholine rings is 1. The summed E-state index contributed by atoms with van der Waals surface area (Å²) in [7, 11) is 0. The third-order valence-electron chi connectivity index (χ3n) is 6.98. The third-order valence-corrected chi connectivity index (χ3v) is 6.98. The lowest BCUT2D eigenvalue weighted by Crippen LogP contribution is -2.36. The molecule has 206 valence electrons.